The summed E-state index contributed by atoms with van der Waals surface area (Å²) in [5.74, 6) is 1.63. The number of benzene rings is 3. The molecule has 0 bridgehead atoms. The van der Waals surface area contributed by atoms with Crippen molar-refractivity contribution in [3.8, 4) is 11.4 Å². The zero-order valence-corrected chi connectivity index (χ0v) is 17.7. The summed E-state index contributed by atoms with van der Waals surface area (Å²) < 4.78 is 1.05. The minimum Gasteiger partial charge on any atom is -0.369 e. The van der Waals surface area contributed by atoms with Gasteiger partial charge in [0.2, 0.25) is 0 Å². The molecule has 1 aromatic heterocycles. The Labute approximate surface area is 173 Å². The van der Waals surface area contributed by atoms with Crippen LogP contribution in [0.4, 0.5) is 5.82 Å². The highest BCUT2D eigenvalue weighted by atomic mass is 79.9. The van der Waals surface area contributed by atoms with Crippen molar-refractivity contribution in [3.05, 3.63) is 64.6 Å². The molecule has 0 aliphatic carbocycles. The fourth-order valence-corrected chi connectivity index (χ4v) is 4.03. The van der Waals surface area contributed by atoms with Crippen LogP contribution < -0.4 is 10.6 Å². The highest BCUT2D eigenvalue weighted by molar-refractivity contribution is 9.10. The predicted octanol–water partition coefficient (Wildman–Crippen LogP) is 5.54. The summed E-state index contributed by atoms with van der Waals surface area (Å²) in [6.45, 7) is 3.93. The molecule has 0 saturated heterocycles. The Hall–Kier alpha value is -2.50. The minimum atomic E-state index is 0.740. The van der Waals surface area contributed by atoms with Crippen LogP contribution in [0.5, 0.6) is 0 Å². The van der Waals surface area contributed by atoms with Gasteiger partial charge in [0.1, 0.15) is 5.82 Å². The molecule has 5 heteroatoms. The molecule has 4 aromatic rings. The molecule has 0 saturated carbocycles. The van der Waals surface area contributed by atoms with Gasteiger partial charge >= 0.3 is 0 Å². The van der Waals surface area contributed by atoms with Crippen LogP contribution in [-0.4, -0.2) is 30.1 Å². The quantitative estimate of drug-likeness (QED) is 0.391. The van der Waals surface area contributed by atoms with Crippen LogP contribution in [-0.2, 0) is 0 Å². The van der Waals surface area contributed by atoms with Crippen molar-refractivity contribution in [3.63, 3.8) is 0 Å². The van der Waals surface area contributed by atoms with Crippen molar-refractivity contribution < 1.29 is 0 Å². The summed E-state index contributed by atoms with van der Waals surface area (Å²) in [6.07, 6.45) is 1.03. The summed E-state index contributed by atoms with van der Waals surface area (Å²) in [4.78, 5) is 9.81. The van der Waals surface area contributed by atoms with Crippen LogP contribution in [0.25, 0.3) is 33.1 Å². The Morgan fingerprint density at radius 3 is 2.61 bits per heavy atom. The fourth-order valence-electron chi connectivity index (χ4n) is 3.42. The maximum atomic E-state index is 4.91. The lowest BCUT2D eigenvalue weighted by molar-refractivity contribution is 0.747. The number of nitrogens with one attached hydrogen (secondary N) is 2. The standard InChI is InChI=1S/C23H23BrN4/c1-15-7-5-10-19-21(15)27-22(28-23(19)26-12-6-11-25-2)17-13-16-8-3-4-9-18(16)20(24)14-17/h3-5,7-10,13-14,25H,6,11-12H2,1-2H3,(H,26,27,28). The second-order valence-electron chi connectivity index (χ2n) is 6.93. The highest BCUT2D eigenvalue weighted by Gasteiger charge is 2.12. The second kappa shape index (κ2) is 8.25. The monoisotopic (exact) mass is 434 g/mol. The number of hydrogen-bond donors (Lipinski definition) is 2. The molecular formula is C23H23BrN4. The SMILES string of the molecule is CNCCCNc1nc(-c2cc(Br)c3ccccc3c2)nc2c(C)cccc12. The molecule has 4 rings (SSSR count). The van der Waals surface area contributed by atoms with E-state index >= 15 is 0 Å². The van der Waals surface area contributed by atoms with E-state index < -0.39 is 0 Å². The van der Waals surface area contributed by atoms with E-state index in [9.17, 15) is 0 Å². The van der Waals surface area contributed by atoms with Crippen molar-refractivity contribution in [2.75, 3.05) is 25.5 Å². The van der Waals surface area contributed by atoms with Gasteiger partial charge in [0, 0.05) is 22.0 Å². The van der Waals surface area contributed by atoms with E-state index in [4.69, 9.17) is 9.97 Å². The summed E-state index contributed by atoms with van der Waals surface area (Å²) in [7, 11) is 1.97. The lowest BCUT2D eigenvalue weighted by Gasteiger charge is -2.13. The molecule has 0 radical (unpaired) electrons. The average Bonchev–Trinajstić information content (AvgIpc) is 2.71. The number of anilines is 1. The molecule has 3 aromatic carbocycles. The Kier molecular flexibility index (Phi) is 5.55. The van der Waals surface area contributed by atoms with Crippen LogP contribution in [0.15, 0.2) is 59.1 Å². The lowest BCUT2D eigenvalue weighted by atomic mass is 10.1. The van der Waals surface area contributed by atoms with Gasteiger partial charge in [-0.1, -0.05) is 52.3 Å². The Bertz CT molecular complexity index is 1140. The van der Waals surface area contributed by atoms with Gasteiger partial charge < -0.3 is 10.6 Å². The number of aromatic nitrogens is 2. The first-order valence-electron chi connectivity index (χ1n) is 9.52. The van der Waals surface area contributed by atoms with Gasteiger partial charge in [-0.2, -0.15) is 0 Å². The van der Waals surface area contributed by atoms with Gasteiger partial charge in [-0.3, -0.25) is 0 Å². The maximum Gasteiger partial charge on any atom is 0.162 e. The number of para-hydroxylation sites is 1. The number of rotatable bonds is 6. The van der Waals surface area contributed by atoms with Crippen molar-refractivity contribution in [1.82, 2.24) is 15.3 Å². The van der Waals surface area contributed by atoms with E-state index in [2.05, 4.69) is 88.1 Å². The van der Waals surface area contributed by atoms with Gasteiger partial charge in [-0.05, 0) is 61.5 Å². The van der Waals surface area contributed by atoms with Gasteiger partial charge in [0.25, 0.3) is 0 Å². The third-order valence-corrected chi connectivity index (χ3v) is 5.55. The highest BCUT2D eigenvalue weighted by Crippen LogP contribution is 2.32. The summed E-state index contributed by atoms with van der Waals surface area (Å²) in [5, 5.41) is 10.1. The van der Waals surface area contributed by atoms with E-state index in [1.165, 1.54) is 10.8 Å². The van der Waals surface area contributed by atoms with Gasteiger partial charge in [-0.25, -0.2) is 9.97 Å². The van der Waals surface area contributed by atoms with E-state index in [0.717, 1.165) is 57.7 Å². The lowest BCUT2D eigenvalue weighted by Crippen LogP contribution is -2.14. The molecule has 0 amide bonds. The molecule has 0 fully saturated rings. The van der Waals surface area contributed by atoms with Crippen LogP contribution in [0.2, 0.25) is 0 Å². The minimum absolute atomic E-state index is 0.740. The summed E-state index contributed by atoms with van der Waals surface area (Å²) in [5.41, 5.74) is 3.15. The second-order valence-corrected chi connectivity index (χ2v) is 7.78. The maximum absolute atomic E-state index is 4.91. The molecule has 0 unspecified atom stereocenters. The van der Waals surface area contributed by atoms with Crippen LogP contribution in [0.1, 0.15) is 12.0 Å². The van der Waals surface area contributed by atoms with Gasteiger partial charge in [0.15, 0.2) is 5.82 Å². The number of hydrogen-bond acceptors (Lipinski definition) is 4. The average molecular weight is 435 g/mol. The van der Waals surface area contributed by atoms with Gasteiger partial charge in [-0.15, -0.1) is 0 Å². The summed E-state index contributed by atoms with van der Waals surface area (Å²) in [6, 6.07) is 18.8. The normalized spacial score (nSPS) is 11.2. The number of fused-ring (bicyclic) bond motifs is 2. The molecular weight excluding hydrogens is 412 g/mol. The number of nitrogens with zero attached hydrogens (tertiary/aromatic N) is 2. The van der Waals surface area contributed by atoms with Crippen molar-refractivity contribution in [2.24, 2.45) is 0 Å². The molecule has 0 aliphatic heterocycles. The van der Waals surface area contributed by atoms with Gasteiger partial charge in [0.05, 0.1) is 5.52 Å². The van der Waals surface area contributed by atoms with Crippen LogP contribution >= 0.6 is 15.9 Å². The van der Waals surface area contributed by atoms with Crippen LogP contribution in [0, 0.1) is 6.92 Å². The largest absolute Gasteiger partial charge is 0.369 e. The zero-order valence-electron chi connectivity index (χ0n) is 16.1. The third kappa shape index (κ3) is 3.73. The summed E-state index contributed by atoms with van der Waals surface area (Å²) >= 11 is 3.71. The first kappa shape index (κ1) is 18.8. The van der Waals surface area contributed by atoms with Crippen LogP contribution in [0.3, 0.4) is 0 Å². The first-order chi connectivity index (χ1) is 13.7. The molecule has 0 aliphatic rings. The smallest absolute Gasteiger partial charge is 0.162 e. The molecule has 0 atom stereocenters. The third-order valence-electron chi connectivity index (χ3n) is 4.89. The van der Waals surface area contributed by atoms with Crippen molar-refractivity contribution >= 4 is 43.4 Å². The number of aryl methyl sites for hydroxylation is 1. The predicted molar refractivity (Wildman–Crippen MR) is 122 cm³/mol. The van der Waals surface area contributed by atoms with E-state index in [0.29, 0.717) is 0 Å². The Balaban J connectivity index is 1.84. The number of halogens is 1. The van der Waals surface area contributed by atoms with E-state index in [-0.39, 0.29) is 0 Å². The Morgan fingerprint density at radius 2 is 1.75 bits per heavy atom. The molecule has 142 valence electrons. The zero-order chi connectivity index (χ0) is 19.5. The molecule has 1 heterocycles. The van der Waals surface area contributed by atoms with Crippen molar-refractivity contribution in [2.45, 2.75) is 13.3 Å². The fraction of sp³-hybridized carbons (Fsp3) is 0.217. The van der Waals surface area contributed by atoms with E-state index in [1.54, 1.807) is 0 Å². The van der Waals surface area contributed by atoms with E-state index in [1.807, 2.05) is 7.05 Å². The molecule has 28 heavy (non-hydrogen) atoms. The molecule has 2 N–H and O–H groups in total. The van der Waals surface area contributed by atoms with Crippen molar-refractivity contribution in [1.29, 1.82) is 0 Å². The first-order valence-corrected chi connectivity index (χ1v) is 10.3. The molecule has 0 spiro atoms. The topological polar surface area (TPSA) is 49.8 Å². The Morgan fingerprint density at radius 1 is 0.929 bits per heavy atom. The molecule has 4 nitrogen and oxygen atoms in total.